The van der Waals surface area contributed by atoms with E-state index in [1.807, 2.05) is 19.9 Å². The van der Waals surface area contributed by atoms with Crippen molar-refractivity contribution in [2.75, 3.05) is 6.54 Å². The molecular weight excluding hydrogens is 200 g/mol. The van der Waals surface area contributed by atoms with Crippen LogP contribution in [0, 0.1) is 5.41 Å². The van der Waals surface area contributed by atoms with Crippen LogP contribution in [0.4, 0.5) is 0 Å². The predicted molar refractivity (Wildman–Crippen MR) is 63.1 cm³/mol. The van der Waals surface area contributed by atoms with Gasteiger partial charge in [0.15, 0.2) is 0 Å². The van der Waals surface area contributed by atoms with Crippen molar-refractivity contribution in [3.63, 3.8) is 0 Å². The highest BCUT2D eigenvalue weighted by atomic mass is 16.1. The van der Waals surface area contributed by atoms with Gasteiger partial charge in [0.05, 0.1) is 11.6 Å². The first-order valence-electron chi connectivity index (χ1n) is 5.74. The Bertz CT molecular complexity index is 412. The molecule has 0 fully saturated rings. The van der Waals surface area contributed by atoms with Crippen LogP contribution >= 0.6 is 0 Å². The van der Waals surface area contributed by atoms with Gasteiger partial charge in [-0.15, -0.1) is 0 Å². The number of aryl methyl sites for hydroxylation is 1. The summed E-state index contributed by atoms with van der Waals surface area (Å²) in [5.74, 6) is 0.183. The lowest BCUT2D eigenvalue weighted by Crippen LogP contribution is -2.36. The van der Waals surface area contributed by atoms with Gasteiger partial charge < -0.3 is 5.73 Å². The number of hydrogen-bond donors (Lipinski definition) is 1. The van der Waals surface area contributed by atoms with Crippen molar-refractivity contribution in [3.05, 3.63) is 29.6 Å². The number of fused-ring (bicyclic) bond motifs is 1. The Hall–Kier alpha value is -1.22. The van der Waals surface area contributed by atoms with Crippen LogP contribution < -0.4 is 5.73 Å². The Kier molecular flexibility index (Phi) is 2.80. The molecule has 0 saturated heterocycles. The third kappa shape index (κ3) is 1.76. The van der Waals surface area contributed by atoms with E-state index in [1.54, 1.807) is 6.20 Å². The first-order chi connectivity index (χ1) is 7.56. The van der Waals surface area contributed by atoms with Gasteiger partial charge in [-0.1, -0.05) is 19.9 Å². The number of pyridine rings is 1. The molecule has 1 atom stereocenters. The normalized spacial score (nSPS) is 19.6. The summed E-state index contributed by atoms with van der Waals surface area (Å²) in [6.45, 7) is 4.22. The number of nitrogens with zero attached hydrogens (tertiary/aromatic N) is 1. The molecule has 2 rings (SSSR count). The van der Waals surface area contributed by atoms with Gasteiger partial charge in [0, 0.05) is 18.2 Å². The average molecular weight is 218 g/mol. The van der Waals surface area contributed by atoms with E-state index in [0.717, 1.165) is 18.5 Å². The molecule has 0 bridgehead atoms. The van der Waals surface area contributed by atoms with E-state index in [4.69, 9.17) is 5.73 Å². The van der Waals surface area contributed by atoms with Crippen molar-refractivity contribution in [2.24, 2.45) is 11.1 Å². The number of hydrogen-bond acceptors (Lipinski definition) is 3. The van der Waals surface area contributed by atoms with Crippen LogP contribution in [-0.2, 0) is 11.2 Å². The molecule has 0 radical (unpaired) electrons. The second-order valence-electron chi connectivity index (χ2n) is 5.09. The van der Waals surface area contributed by atoms with Gasteiger partial charge in [-0.05, 0) is 24.5 Å². The third-order valence-corrected chi connectivity index (χ3v) is 3.45. The molecular formula is C13H18N2O. The van der Waals surface area contributed by atoms with Gasteiger partial charge in [-0.25, -0.2) is 0 Å². The van der Waals surface area contributed by atoms with E-state index >= 15 is 0 Å². The molecule has 0 saturated carbocycles. The number of nitrogens with two attached hydrogens (primary N) is 1. The highest BCUT2D eigenvalue weighted by Crippen LogP contribution is 2.36. The van der Waals surface area contributed by atoms with Crippen LogP contribution in [0.15, 0.2) is 18.3 Å². The average Bonchev–Trinajstić information content (AvgIpc) is 2.71. The van der Waals surface area contributed by atoms with Crippen molar-refractivity contribution in [3.8, 4) is 0 Å². The molecule has 0 spiro atoms. The van der Waals surface area contributed by atoms with Crippen molar-refractivity contribution in [1.82, 2.24) is 4.98 Å². The maximum Gasteiger partial charge on any atom is 0.148 e. The van der Waals surface area contributed by atoms with Crippen molar-refractivity contribution >= 4 is 5.78 Å². The first-order valence-corrected chi connectivity index (χ1v) is 5.74. The van der Waals surface area contributed by atoms with Crippen LogP contribution in [0.2, 0.25) is 0 Å². The van der Waals surface area contributed by atoms with Crippen molar-refractivity contribution in [1.29, 1.82) is 0 Å². The zero-order valence-corrected chi connectivity index (χ0v) is 9.86. The van der Waals surface area contributed by atoms with E-state index in [9.17, 15) is 4.79 Å². The minimum absolute atomic E-state index is 0.0465. The molecule has 16 heavy (non-hydrogen) atoms. The maximum atomic E-state index is 12.3. The number of carbonyl (C=O) groups excluding carboxylic acids is 1. The molecule has 0 aliphatic heterocycles. The van der Waals surface area contributed by atoms with Gasteiger partial charge in [-0.2, -0.15) is 0 Å². The summed E-state index contributed by atoms with van der Waals surface area (Å²) in [7, 11) is 0. The number of Topliss-reactive ketones (excluding diaryl/α,β-unsaturated/α-hetero) is 1. The highest BCUT2D eigenvalue weighted by Gasteiger charge is 2.37. The van der Waals surface area contributed by atoms with Crippen LogP contribution in [0.1, 0.15) is 37.4 Å². The Balaban J connectivity index is 2.29. The largest absolute Gasteiger partial charge is 0.329 e. The van der Waals surface area contributed by atoms with Crippen LogP contribution in [-0.4, -0.2) is 17.3 Å². The molecule has 2 N–H and O–H groups in total. The zero-order valence-electron chi connectivity index (χ0n) is 9.86. The third-order valence-electron chi connectivity index (χ3n) is 3.45. The predicted octanol–water partition coefficient (Wildman–Crippen LogP) is 1.67. The summed E-state index contributed by atoms with van der Waals surface area (Å²) in [5.41, 5.74) is 7.40. The van der Waals surface area contributed by atoms with Gasteiger partial charge in [0.2, 0.25) is 0 Å². The first kappa shape index (κ1) is 11.3. The van der Waals surface area contributed by atoms with Gasteiger partial charge in [0.25, 0.3) is 0 Å². The number of carbonyl (C=O) groups is 1. The number of ketones is 1. The van der Waals surface area contributed by atoms with E-state index < -0.39 is 5.41 Å². The molecule has 1 aliphatic carbocycles. The standard InChI is InChI=1S/C13H18N2O/c1-13(2,8-14)12(16)10-6-5-9-4-3-7-15-11(9)10/h3-4,7,10H,5-6,8,14H2,1-2H3. The highest BCUT2D eigenvalue weighted by molar-refractivity contribution is 5.91. The molecule has 86 valence electrons. The van der Waals surface area contributed by atoms with E-state index in [2.05, 4.69) is 11.1 Å². The molecule has 3 heteroatoms. The van der Waals surface area contributed by atoms with Crippen LogP contribution in [0.3, 0.4) is 0 Å². The number of aromatic nitrogens is 1. The Morgan fingerprint density at radius 2 is 2.38 bits per heavy atom. The topological polar surface area (TPSA) is 56.0 Å². The lowest BCUT2D eigenvalue weighted by molar-refractivity contribution is -0.128. The fraction of sp³-hybridized carbons (Fsp3) is 0.538. The monoisotopic (exact) mass is 218 g/mol. The Morgan fingerprint density at radius 1 is 1.62 bits per heavy atom. The second kappa shape index (κ2) is 3.98. The second-order valence-corrected chi connectivity index (χ2v) is 5.09. The smallest absolute Gasteiger partial charge is 0.148 e. The maximum absolute atomic E-state index is 12.3. The fourth-order valence-corrected chi connectivity index (χ4v) is 2.24. The molecule has 1 unspecified atom stereocenters. The summed E-state index contributed by atoms with van der Waals surface area (Å²) < 4.78 is 0. The minimum Gasteiger partial charge on any atom is -0.329 e. The van der Waals surface area contributed by atoms with Crippen LogP contribution in [0.25, 0.3) is 0 Å². The minimum atomic E-state index is -0.441. The molecule has 3 nitrogen and oxygen atoms in total. The molecule has 1 aliphatic rings. The van der Waals surface area contributed by atoms with Gasteiger partial charge >= 0.3 is 0 Å². The fourth-order valence-electron chi connectivity index (χ4n) is 2.24. The lowest BCUT2D eigenvalue weighted by atomic mass is 9.80. The van der Waals surface area contributed by atoms with Crippen molar-refractivity contribution < 1.29 is 4.79 Å². The molecule has 0 aromatic carbocycles. The molecule has 0 amide bonds. The summed E-state index contributed by atoms with van der Waals surface area (Å²) >= 11 is 0. The summed E-state index contributed by atoms with van der Waals surface area (Å²) in [5, 5.41) is 0. The lowest BCUT2D eigenvalue weighted by Gasteiger charge is -2.24. The van der Waals surface area contributed by atoms with Gasteiger partial charge in [-0.3, -0.25) is 9.78 Å². The van der Waals surface area contributed by atoms with Crippen molar-refractivity contribution in [2.45, 2.75) is 32.6 Å². The van der Waals surface area contributed by atoms with Crippen LogP contribution in [0.5, 0.6) is 0 Å². The molecule has 1 heterocycles. The zero-order chi connectivity index (χ0) is 11.8. The van der Waals surface area contributed by atoms with E-state index in [0.29, 0.717) is 6.54 Å². The summed E-state index contributed by atoms with van der Waals surface area (Å²) in [4.78, 5) is 16.7. The van der Waals surface area contributed by atoms with E-state index in [-0.39, 0.29) is 11.7 Å². The summed E-state index contributed by atoms with van der Waals surface area (Å²) in [6.07, 6.45) is 3.61. The SMILES string of the molecule is CC(C)(CN)C(=O)C1CCc2cccnc21. The Morgan fingerprint density at radius 3 is 3.06 bits per heavy atom. The summed E-state index contributed by atoms with van der Waals surface area (Å²) in [6, 6.07) is 3.99. The van der Waals surface area contributed by atoms with E-state index in [1.165, 1.54) is 5.56 Å². The number of rotatable bonds is 3. The quantitative estimate of drug-likeness (QED) is 0.839. The molecule has 1 aromatic heterocycles. The molecule has 1 aromatic rings. The Labute approximate surface area is 96.1 Å². The van der Waals surface area contributed by atoms with Gasteiger partial charge in [0.1, 0.15) is 5.78 Å².